The molecular formula is C61H74N16O12. The highest BCUT2D eigenvalue weighted by molar-refractivity contribution is 5.99. The van der Waals surface area contributed by atoms with Gasteiger partial charge >= 0.3 is 0 Å². The third-order valence-corrected chi connectivity index (χ3v) is 15.0. The van der Waals surface area contributed by atoms with Crippen LogP contribution in [0.5, 0.6) is 5.75 Å². The van der Waals surface area contributed by atoms with Gasteiger partial charge in [0.2, 0.25) is 59.1 Å². The minimum absolute atomic E-state index is 0.0164. The molecule has 0 spiro atoms. The Bertz CT molecular complexity index is 3600. The van der Waals surface area contributed by atoms with Gasteiger partial charge in [0.25, 0.3) is 0 Å². The fourth-order valence-corrected chi connectivity index (χ4v) is 10.4. The number of carbonyl (C=O) groups excluding carboxylic acids is 10. The van der Waals surface area contributed by atoms with Gasteiger partial charge in [-0.15, -0.1) is 0 Å². The summed E-state index contributed by atoms with van der Waals surface area (Å²) in [6.07, 6.45) is 8.87. The molecule has 470 valence electrons. The van der Waals surface area contributed by atoms with E-state index in [0.29, 0.717) is 33.5 Å². The Morgan fingerprint density at radius 1 is 0.551 bits per heavy atom. The third kappa shape index (κ3) is 18.1. The van der Waals surface area contributed by atoms with Crippen molar-refractivity contribution in [2.75, 3.05) is 19.7 Å². The van der Waals surface area contributed by atoms with Crippen LogP contribution in [0, 0.1) is 5.92 Å². The van der Waals surface area contributed by atoms with E-state index in [9.17, 15) is 58.2 Å². The number of hydrogen-bond donors (Lipinski definition) is 16. The molecule has 8 atom stereocenters. The Labute approximate surface area is 510 Å². The van der Waals surface area contributed by atoms with Gasteiger partial charge in [0, 0.05) is 103 Å². The van der Waals surface area contributed by atoms with E-state index in [0.717, 1.165) is 16.4 Å². The lowest BCUT2D eigenvalue weighted by molar-refractivity contribution is -0.135. The molecule has 1 aliphatic rings. The van der Waals surface area contributed by atoms with Gasteiger partial charge < -0.3 is 83.3 Å². The van der Waals surface area contributed by atoms with Crippen LogP contribution in [0.4, 0.5) is 0 Å². The molecule has 1 aliphatic heterocycles. The van der Waals surface area contributed by atoms with Crippen molar-refractivity contribution in [2.24, 2.45) is 5.92 Å². The Balaban J connectivity index is 0.949. The summed E-state index contributed by atoms with van der Waals surface area (Å²) in [5.41, 5.74) is 4.23. The minimum Gasteiger partial charge on any atom is -0.508 e. The van der Waals surface area contributed by atoms with Crippen LogP contribution in [0.15, 0.2) is 110 Å². The fraction of sp³-hybridized carbons (Fsp3) is 0.377. The van der Waals surface area contributed by atoms with Crippen molar-refractivity contribution in [3.8, 4) is 5.75 Å². The SMILES string of the molecule is CCNC(=O)[C@H](Cc1ccc(O)cc1)NC(=O)[C@H](Cc1c[nH]c2ccccc12)NC(=O)[C@H](CC(C)C)NC(=O)CNC(=O)[C@H](Cc1cnc[nH]1)NC(=O)[C@H](CO)NC(=O)[C@H](Cc1c[nH]c2ccccc12)NC(=O)[C@H](Cc1cnc[nH]1)NC(=O)[C@@H]1CCC(=O)N1. The number of phenolic OH excluding ortho intramolecular Hbond substituents is 1. The number of benzene rings is 3. The normalized spacial score (nSPS) is 15.3. The molecule has 7 aromatic rings. The van der Waals surface area contributed by atoms with Crippen molar-refractivity contribution in [3.63, 3.8) is 0 Å². The van der Waals surface area contributed by atoms with Gasteiger partial charge in [0.05, 0.1) is 25.8 Å². The van der Waals surface area contributed by atoms with Crippen LogP contribution >= 0.6 is 0 Å². The number of aromatic amines is 4. The molecule has 5 heterocycles. The summed E-state index contributed by atoms with van der Waals surface area (Å²) in [6, 6.07) is 10.3. The van der Waals surface area contributed by atoms with E-state index in [1.807, 2.05) is 44.2 Å². The largest absolute Gasteiger partial charge is 0.508 e. The molecular weight excluding hydrogens is 1150 g/mol. The summed E-state index contributed by atoms with van der Waals surface area (Å²) in [4.78, 5) is 159. The Hall–Kier alpha value is -10.4. The quantitative estimate of drug-likeness (QED) is 0.0255. The van der Waals surface area contributed by atoms with Crippen LogP contribution in [0.1, 0.15) is 68.1 Å². The van der Waals surface area contributed by atoms with Gasteiger partial charge in [0.15, 0.2) is 0 Å². The van der Waals surface area contributed by atoms with Gasteiger partial charge in [-0.1, -0.05) is 62.4 Å². The molecule has 28 nitrogen and oxygen atoms in total. The first-order valence-corrected chi connectivity index (χ1v) is 29.2. The molecule has 0 radical (unpaired) electrons. The number of amides is 10. The maximum Gasteiger partial charge on any atom is 0.245 e. The van der Waals surface area contributed by atoms with E-state index in [-0.39, 0.29) is 75.5 Å². The number of likely N-dealkylation sites (N-methyl/N-ethyl adjacent to an activating group) is 1. The lowest BCUT2D eigenvalue weighted by Gasteiger charge is -2.26. The number of rotatable bonds is 31. The molecule has 89 heavy (non-hydrogen) atoms. The maximum atomic E-state index is 14.5. The number of imidazole rings is 2. The van der Waals surface area contributed by atoms with E-state index in [1.165, 1.54) is 37.2 Å². The number of carbonyl (C=O) groups is 10. The average Bonchev–Trinajstić information content (AvgIpc) is 2.80. The molecule has 0 saturated carbocycles. The van der Waals surface area contributed by atoms with Gasteiger partial charge in [-0.25, -0.2) is 9.97 Å². The summed E-state index contributed by atoms with van der Waals surface area (Å²) in [6.45, 7) is 3.92. The van der Waals surface area contributed by atoms with Crippen LogP contribution in [0.25, 0.3) is 21.8 Å². The number of hydrogen-bond acceptors (Lipinski definition) is 14. The van der Waals surface area contributed by atoms with Crippen molar-refractivity contribution in [1.82, 2.24) is 83.1 Å². The lowest BCUT2D eigenvalue weighted by atomic mass is 10.00. The zero-order chi connectivity index (χ0) is 63.6. The number of aromatic hydroxyl groups is 1. The lowest BCUT2D eigenvalue weighted by Crippen LogP contribution is -2.60. The summed E-state index contributed by atoms with van der Waals surface area (Å²) in [7, 11) is 0. The van der Waals surface area contributed by atoms with Gasteiger partial charge in [-0.2, -0.15) is 0 Å². The number of aromatic nitrogens is 6. The predicted molar refractivity (Wildman–Crippen MR) is 323 cm³/mol. The van der Waals surface area contributed by atoms with E-state index in [1.54, 1.807) is 49.6 Å². The fourth-order valence-electron chi connectivity index (χ4n) is 10.4. The molecule has 8 rings (SSSR count). The molecule has 4 aromatic heterocycles. The number of para-hydroxylation sites is 2. The summed E-state index contributed by atoms with van der Waals surface area (Å²) < 4.78 is 0. The Morgan fingerprint density at radius 3 is 1.51 bits per heavy atom. The highest BCUT2D eigenvalue weighted by Crippen LogP contribution is 2.22. The number of H-pyrrole nitrogens is 4. The van der Waals surface area contributed by atoms with Crippen molar-refractivity contribution >= 4 is 80.9 Å². The van der Waals surface area contributed by atoms with Gasteiger partial charge in [-0.3, -0.25) is 47.9 Å². The van der Waals surface area contributed by atoms with E-state index >= 15 is 0 Å². The summed E-state index contributed by atoms with van der Waals surface area (Å²) >= 11 is 0. The molecule has 3 aromatic carbocycles. The van der Waals surface area contributed by atoms with E-state index < -0.39 is 115 Å². The van der Waals surface area contributed by atoms with Crippen LogP contribution in [-0.4, -0.2) is 167 Å². The first kappa shape index (κ1) is 64.6. The number of aliphatic hydroxyl groups is 1. The third-order valence-electron chi connectivity index (χ3n) is 15.0. The zero-order valence-electron chi connectivity index (χ0n) is 49.2. The number of fused-ring (bicyclic) bond motifs is 2. The first-order valence-electron chi connectivity index (χ1n) is 29.2. The first-order chi connectivity index (χ1) is 42.8. The molecule has 0 unspecified atom stereocenters. The van der Waals surface area contributed by atoms with Crippen molar-refractivity contribution < 1.29 is 58.2 Å². The van der Waals surface area contributed by atoms with Crippen LogP contribution in [0.3, 0.4) is 0 Å². The molecule has 1 saturated heterocycles. The van der Waals surface area contributed by atoms with Crippen LogP contribution in [-0.2, 0) is 80.0 Å². The van der Waals surface area contributed by atoms with Crippen molar-refractivity contribution in [1.29, 1.82) is 0 Å². The minimum atomic E-state index is -1.73. The molecule has 28 heteroatoms. The zero-order valence-corrected chi connectivity index (χ0v) is 49.2. The standard InChI is InChI=1S/C61H74N16O12/c1-4-64-54(82)46(20-34-13-15-39(79)16-14-34)72-58(86)47(21-35-25-65-42-11-7-5-9-40(35)42)73-57(85)45(19-33(2)3)71-53(81)29-67-55(83)49(23-37-27-62-31-68-37)75-61(89)51(30-78)77-59(87)48(22-36-26-66-43-12-8-6-10-41(36)43)74-60(88)50(24-38-28-63-32-69-38)76-56(84)44-17-18-52(80)70-44/h5-16,25-28,31-33,44-51,65-66,78-79H,4,17-24,29-30H2,1-3H3,(H,62,68)(H,63,69)(H,64,82)(H,67,83)(H,70,80)(H,71,81)(H,72,86)(H,73,85)(H,74,88)(H,75,89)(H,76,84)(H,77,87)/t44-,45-,46-,47-,48-,49-,50-,51-/m0/s1. The second-order valence-electron chi connectivity index (χ2n) is 22.1. The monoisotopic (exact) mass is 1220 g/mol. The number of phenols is 1. The molecule has 10 amide bonds. The molecule has 16 N–H and O–H groups in total. The molecule has 0 bridgehead atoms. The van der Waals surface area contributed by atoms with Crippen molar-refractivity contribution in [2.45, 2.75) is 120 Å². The van der Waals surface area contributed by atoms with Crippen LogP contribution < -0.4 is 53.2 Å². The second kappa shape index (κ2) is 30.8. The molecule has 0 aliphatic carbocycles. The Morgan fingerprint density at radius 2 is 1.02 bits per heavy atom. The maximum absolute atomic E-state index is 14.5. The Kier molecular flexibility index (Phi) is 22.4. The summed E-state index contributed by atoms with van der Waals surface area (Å²) in [5.74, 6) is -7.55. The number of nitrogens with one attached hydrogen (secondary N) is 14. The second-order valence-corrected chi connectivity index (χ2v) is 22.1. The van der Waals surface area contributed by atoms with Gasteiger partial charge in [0.1, 0.15) is 54.1 Å². The predicted octanol–water partition coefficient (Wildman–Crippen LogP) is -0.723. The highest BCUT2D eigenvalue weighted by atomic mass is 16.3. The molecule has 1 fully saturated rings. The van der Waals surface area contributed by atoms with E-state index in [4.69, 9.17) is 0 Å². The van der Waals surface area contributed by atoms with Crippen LogP contribution in [0.2, 0.25) is 0 Å². The average molecular weight is 1220 g/mol. The van der Waals surface area contributed by atoms with Crippen molar-refractivity contribution in [3.05, 3.63) is 138 Å². The van der Waals surface area contributed by atoms with Gasteiger partial charge in [-0.05, 0) is 66.6 Å². The number of aliphatic hydroxyl groups excluding tert-OH is 1. The smallest absolute Gasteiger partial charge is 0.245 e. The number of nitrogens with zero attached hydrogens (tertiary/aromatic N) is 2. The highest BCUT2D eigenvalue weighted by Gasteiger charge is 2.36. The topological polar surface area (TPSA) is 420 Å². The summed E-state index contributed by atoms with van der Waals surface area (Å²) in [5, 5.41) is 48.6. The van der Waals surface area contributed by atoms with E-state index in [2.05, 4.69) is 83.1 Å².